The van der Waals surface area contributed by atoms with Crippen molar-refractivity contribution in [3.63, 3.8) is 0 Å². The van der Waals surface area contributed by atoms with E-state index in [0.717, 1.165) is 16.3 Å². The van der Waals surface area contributed by atoms with Crippen LogP contribution < -0.4 is 10.8 Å². The van der Waals surface area contributed by atoms with Gasteiger partial charge in [0.15, 0.2) is 5.42 Å². The Morgan fingerprint density at radius 3 is 2.90 bits per heavy atom. The Labute approximate surface area is 114 Å². The Bertz CT molecular complexity index is 946. The summed E-state index contributed by atoms with van der Waals surface area (Å²) in [6.45, 7) is 0. The molecule has 1 aliphatic rings. The molecule has 0 amide bonds. The molecule has 0 spiro atoms. The molecule has 3 aromatic rings. The molecule has 3 nitrogen and oxygen atoms in total. The minimum atomic E-state index is 0.616. The highest BCUT2D eigenvalue weighted by molar-refractivity contribution is 5.94. The Balaban J connectivity index is 2.02. The number of nitrogens with zero attached hydrogens (tertiary/aromatic N) is 2. The molecule has 0 saturated heterocycles. The van der Waals surface area contributed by atoms with Crippen LogP contribution in [-0.2, 0) is 0 Å². The van der Waals surface area contributed by atoms with Gasteiger partial charge in [-0.05, 0) is 28.8 Å². The molecule has 2 aromatic carbocycles. The molecule has 20 heavy (non-hydrogen) atoms. The molecule has 0 atom stereocenters. The van der Waals surface area contributed by atoms with Gasteiger partial charge in [0.1, 0.15) is 5.35 Å². The third-order valence-electron chi connectivity index (χ3n) is 3.27. The van der Waals surface area contributed by atoms with Crippen LogP contribution in [0.5, 0.6) is 0 Å². The zero-order valence-corrected chi connectivity index (χ0v) is 10.6. The maximum atomic E-state index is 5.85. The maximum absolute atomic E-state index is 5.85. The van der Waals surface area contributed by atoms with E-state index in [4.69, 9.17) is 4.42 Å². The largest absolute Gasteiger partial charge is 0.436 e. The summed E-state index contributed by atoms with van der Waals surface area (Å²) in [5.41, 5.74) is 1.70. The van der Waals surface area contributed by atoms with E-state index in [-0.39, 0.29) is 0 Å². The summed E-state index contributed by atoms with van der Waals surface area (Å²) in [6.07, 6.45) is 5.21. The van der Waals surface area contributed by atoms with Crippen LogP contribution in [0, 0.1) is 0 Å². The summed E-state index contributed by atoms with van der Waals surface area (Å²) < 4.78 is 5.85. The Kier molecular flexibility index (Phi) is 2.38. The average molecular weight is 258 g/mol. The highest BCUT2D eigenvalue weighted by Gasteiger charge is 2.09. The van der Waals surface area contributed by atoms with E-state index in [1.54, 1.807) is 12.3 Å². The monoisotopic (exact) mass is 258 g/mol. The minimum Gasteiger partial charge on any atom is -0.436 e. The summed E-state index contributed by atoms with van der Waals surface area (Å²) in [4.78, 5) is 8.52. The molecular formula is C17H10N2O. The summed E-state index contributed by atoms with van der Waals surface area (Å²) in [7, 11) is 0. The Morgan fingerprint density at radius 2 is 1.90 bits per heavy atom. The molecule has 0 radical (unpaired) electrons. The SMILES string of the molecule is C1=CC=c2oc(-c3cccc4ccccc34)nc2=CN=1. The van der Waals surface area contributed by atoms with Gasteiger partial charge in [-0.25, -0.2) is 9.98 Å². The molecule has 94 valence electrons. The molecule has 0 N–H and O–H groups in total. The molecule has 4 rings (SSSR count). The minimum absolute atomic E-state index is 0.616. The quantitative estimate of drug-likeness (QED) is 0.671. The molecule has 3 heteroatoms. The van der Waals surface area contributed by atoms with Crippen molar-refractivity contribution in [1.82, 2.24) is 4.98 Å². The predicted molar refractivity (Wildman–Crippen MR) is 79.6 cm³/mol. The second-order valence-corrected chi connectivity index (χ2v) is 4.52. The van der Waals surface area contributed by atoms with E-state index in [9.17, 15) is 0 Å². The van der Waals surface area contributed by atoms with E-state index >= 15 is 0 Å². The first kappa shape index (κ1) is 11.0. The van der Waals surface area contributed by atoms with Crippen molar-refractivity contribution < 1.29 is 4.42 Å². The topological polar surface area (TPSA) is 38.4 Å². The number of benzene rings is 2. The van der Waals surface area contributed by atoms with Gasteiger partial charge < -0.3 is 4.42 Å². The first-order chi connectivity index (χ1) is 9.92. The average Bonchev–Trinajstić information content (AvgIpc) is 2.77. The van der Waals surface area contributed by atoms with Crippen LogP contribution in [0.4, 0.5) is 0 Å². The zero-order chi connectivity index (χ0) is 13.4. The van der Waals surface area contributed by atoms with Crippen LogP contribution in [0.2, 0.25) is 0 Å². The number of aliphatic imine (C=N–C) groups is 1. The van der Waals surface area contributed by atoms with Crippen molar-refractivity contribution in [2.24, 2.45) is 4.99 Å². The third-order valence-corrected chi connectivity index (χ3v) is 3.27. The molecule has 0 bridgehead atoms. The number of rotatable bonds is 1. The smallest absolute Gasteiger partial charge is 0.227 e. The van der Waals surface area contributed by atoms with Crippen molar-refractivity contribution in [2.75, 3.05) is 0 Å². The molecule has 0 saturated carbocycles. The summed E-state index contributed by atoms with van der Waals surface area (Å²) >= 11 is 0. The van der Waals surface area contributed by atoms with Crippen molar-refractivity contribution in [3.8, 4) is 11.5 Å². The lowest BCUT2D eigenvalue weighted by Crippen LogP contribution is -2.20. The number of oxazole rings is 1. The van der Waals surface area contributed by atoms with Gasteiger partial charge in [0.05, 0.1) is 6.20 Å². The molecule has 0 fully saturated rings. The molecule has 0 aliphatic carbocycles. The van der Waals surface area contributed by atoms with Crippen LogP contribution in [0.25, 0.3) is 34.5 Å². The first-order valence-electron chi connectivity index (χ1n) is 6.36. The molecule has 2 heterocycles. The highest BCUT2D eigenvalue weighted by atomic mass is 16.3. The number of fused-ring (bicyclic) bond motifs is 2. The Hall–Kier alpha value is -2.90. The zero-order valence-electron chi connectivity index (χ0n) is 10.6. The van der Waals surface area contributed by atoms with Crippen molar-refractivity contribution in [2.45, 2.75) is 0 Å². The van der Waals surface area contributed by atoms with Gasteiger partial charge in [0, 0.05) is 11.6 Å². The lowest BCUT2D eigenvalue weighted by molar-refractivity contribution is 0.541. The number of hydrogen-bond donors (Lipinski definition) is 0. The molecule has 0 unspecified atom stereocenters. The lowest BCUT2D eigenvalue weighted by Gasteiger charge is -2.01. The van der Waals surface area contributed by atoms with E-state index in [2.05, 4.69) is 34.0 Å². The standard InChI is InChI=1S/C17H10N2O/c1-2-7-13-12(5-1)6-3-8-14(13)17-19-15-11-18-10-4-9-16(15)20-17/h1-9,11H. The molecular weight excluding hydrogens is 248 g/mol. The van der Waals surface area contributed by atoms with Gasteiger partial charge >= 0.3 is 0 Å². The number of aromatic nitrogens is 1. The second kappa shape index (κ2) is 4.34. The molecule has 1 aliphatic heterocycles. The van der Waals surface area contributed by atoms with Gasteiger partial charge in [0.25, 0.3) is 0 Å². The van der Waals surface area contributed by atoms with Crippen LogP contribution >= 0.6 is 0 Å². The van der Waals surface area contributed by atoms with Gasteiger partial charge in [-0.3, -0.25) is 0 Å². The fraction of sp³-hybridized carbons (Fsp3) is 0. The lowest BCUT2D eigenvalue weighted by atomic mass is 10.0. The van der Waals surface area contributed by atoms with Crippen LogP contribution in [0.3, 0.4) is 0 Å². The fourth-order valence-corrected chi connectivity index (χ4v) is 2.34. The highest BCUT2D eigenvalue weighted by Crippen LogP contribution is 2.25. The van der Waals surface area contributed by atoms with Crippen molar-refractivity contribution >= 4 is 28.9 Å². The van der Waals surface area contributed by atoms with E-state index < -0.39 is 0 Å². The van der Waals surface area contributed by atoms with Gasteiger partial charge in [-0.2, -0.15) is 0 Å². The summed E-state index contributed by atoms with van der Waals surface area (Å²) in [5.74, 6) is 3.37. The summed E-state index contributed by atoms with van der Waals surface area (Å²) in [6, 6.07) is 14.3. The van der Waals surface area contributed by atoms with Crippen molar-refractivity contribution in [1.29, 1.82) is 0 Å². The molecule has 1 aromatic heterocycles. The normalized spacial score (nSPS) is 12.6. The van der Waals surface area contributed by atoms with E-state index in [0.29, 0.717) is 11.3 Å². The number of hydrogen-bond acceptors (Lipinski definition) is 3. The predicted octanol–water partition coefficient (Wildman–Crippen LogP) is 2.25. The van der Waals surface area contributed by atoms with Crippen LogP contribution in [-0.4, -0.2) is 10.9 Å². The first-order valence-corrected chi connectivity index (χ1v) is 6.36. The van der Waals surface area contributed by atoms with Gasteiger partial charge in [0.2, 0.25) is 5.89 Å². The van der Waals surface area contributed by atoms with Crippen LogP contribution in [0.1, 0.15) is 0 Å². The third kappa shape index (κ3) is 1.69. The van der Waals surface area contributed by atoms with Crippen LogP contribution in [0.15, 0.2) is 58.0 Å². The van der Waals surface area contributed by atoms with Crippen molar-refractivity contribution in [3.05, 3.63) is 59.3 Å². The Morgan fingerprint density at radius 1 is 1.00 bits per heavy atom. The number of allylic oxidation sites excluding steroid dienone is 1. The second-order valence-electron chi connectivity index (χ2n) is 4.52. The van der Waals surface area contributed by atoms with E-state index in [1.807, 2.05) is 30.3 Å². The van der Waals surface area contributed by atoms with Gasteiger partial charge in [-0.1, -0.05) is 36.4 Å². The summed E-state index contributed by atoms with van der Waals surface area (Å²) in [5, 5.41) is 3.03. The van der Waals surface area contributed by atoms with Gasteiger partial charge in [-0.15, -0.1) is 0 Å². The maximum Gasteiger partial charge on any atom is 0.227 e. The fourth-order valence-electron chi connectivity index (χ4n) is 2.34. The van der Waals surface area contributed by atoms with E-state index in [1.165, 1.54) is 5.39 Å².